The van der Waals surface area contributed by atoms with Crippen molar-refractivity contribution in [1.29, 1.82) is 0 Å². The van der Waals surface area contributed by atoms with Crippen molar-refractivity contribution >= 4 is 33.1 Å². The summed E-state index contributed by atoms with van der Waals surface area (Å²) in [4.78, 5) is 19.9. The number of thiophene rings is 1. The molecule has 0 fully saturated rings. The number of rotatable bonds is 4. The largest absolute Gasteiger partial charge is 0.293 e. The fourth-order valence-corrected chi connectivity index (χ4v) is 3.76. The van der Waals surface area contributed by atoms with Gasteiger partial charge in [-0.05, 0) is 30.9 Å². The van der Waals surface area contributed by atoms with Crippen molar-refractivity contribution < 1.29 is 0 Å². The Morgan fingerprint density at radius 3 is 2.95 bits per heavy atom. The molecule has 0 radical (unpaired) electrons. The van der Waals surface area contributed by atoms with E-state index in [9.17, 15) is 4.79 Å². The van der Waals surface area contributed by atoms with Crippen molar-refractivity contribution in [1.82, 2.24) is 19.1 Å². The molecule has 0 saturated carbocycles. The maximum Gasteiger partial charge on any atom is 0.262 e. The van der Waals surface area contributed by atoms with E-state index in [1.165, 1.54) is 16.4 Å². The van der Waals surface area contributed by atoms with Crippen LogP contribution in [0.25, 0.3) is 10.2 Å². The normalized spacial score (nSPS) is 11.3. The molecule has 5 nitrogen and oxygen atoms in total. The van der Waals surface area contributed by atoms with Crippen LogP contribution in [0.15, 0.2) is 17.2 Å². The number of nitrogens with zero attached hydrogens (tertiary/aromatic N) is 4. The van der Waals surface area contributed by atoms with Gasteiger partial charge in [0, 0.05) is 4.88 Å². The van der Waals surface area contributed by atoms with Crippen LogP contribution in [-0.4, -0.2) is 19.1 Å². The first-order valence-corrected chi connectivity index (χ1v) is 8.03. The summed E-state index contributed by atoms with van der Waals surface area (Å²) < 4.78 is 5.53. The predicted molar refractivity (Wildman–Crippen MR) is 81.6 cm³/mol. The topological polar surface area (TPSA) is 60.7 Å². The van der Waals surface area contributed by atoms with Gasteiger partial charge in [-0.3, -0.25) is 9.36 Å². The first kappa shape index (κ1) is 13.4. The van der Waals surface area contributed by atoms with E-state index in [2.05, 4.69) is 21.5 Å². The van der Waals surface area contributed by atoms with Crippen LogP contribution in [0.3, 0.4) is 0 Å². The molecule has 3 aromatic rings. The van der Waals surface area contributed by atoms with Crippen molar-refractivity contribution in [2.24, 2.45) is 0 Å². The van der Waals surface area contributed by atoms with Crippen LogP contribution < -0.4 is 5.56 Å². The van der Waals surface area contributed by atoms with Gasteiger partial charge in [-0.1, -0.05) is 17.8 Å². The Hall–Kier alpha value is -1.60. The maximum absolute atomic E-state index is 12.5. The molecule has 0 aliphatic heterocycles. The fourth-order valence-electron chi connectivity index (χ4n) is 2.04. The number of fused-ring (bicyclic) bond motifs is 1. The Kier molecular flexibility index (Phi) is 3.62. The molecule has 20 heavy (non-hydrogen) atoms. The zero-order valence-electron chi connectivity index (χ0n) is 11.3. The monoisotopic (exact) mass is 306 g/mol. The molecule has 0 spiro atoms. The molecule has 0 unspecified atom stereocenters. The molecule has 0 saturated heterocycles. The summed E-state index contributed by atoms with van der Waals surface area (Å²) in [5.74, 6) is 0. The second-order valence-corrected chi connectivity index (χ2v) is 6.59. The molecule has 3 rings (SSSR count). The third-order valence-corrected chi connectivity index (χ3v) is 5.04. The van der Waals surface area contributed by atoms with Gasteiger partial charge in [0.25, 0.3) is 5.56 Å². The van der Waals surface area contributed by atoms with Crippen molar-refractivity contribution in [3.05, 3.63) is 38.2 Å². The smallest absolute Gasteiger partial charge is 0.262 e. The minimum Gasteiger partial charge on any atom is -0.293 e. The van der Waals surface area contributed by atoms with Gasteiger partial charge in [0.05, 0.1) is 28.8 Å². The summed E-state index contributed by atoms with van der Waals surface area (Å²) in [5, 5.41) is 4.69. The van der Waals surface area contributed by atoms with E-state index in [4.69, 9.17) is 0 Å². The number of hydrogen-bond acceptors (Lipinski definition) is 6. The molecule has 0 aliphatic rings. The van der Waals surface area contributed by atoms with Gasteiger partial charge in [-0.2, -0.15) is 0 Å². The zero-order valence-corrected chi connectivity index (χ0v) is 12.9. The summed E-state index contributed by atoms with van der Waals surface area (Å²) in [7, 11) is 0. The van der Waals surface area contributed by atoms with Crippen LogP contribution in [0.2, 0.25) is 0 Å². The molecule has 0 N–H and O–H groups in total. The molecule has 0 atom stereocenters. The van der Waals surface area contributed by atoms with Crippen LogP contribution in [-0.2, 0) is 13.0 Å². The van der Waals surface area contributed by atoms with Gasteiger partial charge in [0.1, 0.15) is 4.83 Å². The number of hydrogen-bond donors (Lipinski definition) is 0. The Bertz CT molecular complexity index is 802. The second kappa shape index (κ2) is 5.41. The molecular formula is C13H14N4OS2. The maximum atomic E-state index is 12.5. The Morgan fingerprint density at radius 2 is 2.25 bits per heavy atom. The van der Waals surface area contributed by atoms with Gasteiger partial charge in [0.2, 0.25) is 0 Å². The van der Waals surface area contributed by atoms with E-state index in [1.807, 2.05) is 13.0 Å². The van der Waals surface area contributed by atoms with E-state index < -0.39 is 0 Å². The molecular weight excluding hydrogens is 292 g/mol. The quantitative estimate of drug-likeness (QED) is 0.743. The van der Waals surface area contributed by atoms with Crippen LogP contribution in [0, 0.1) is 6.92 Å². The van der Waals surface area contributed by atoms with Gasteiger partial charge < -0.3 is 0 Å². The highest BCUT2D eigenvalue weighted by atomic mass is 32.1. The van der Waals surface area contributed by atoms with Crippen LogP contribution >= 0.6 is 22.9 Å². The minimum atomic E-state index is 0.0152. The highest BCUT2D eigenvalue weighted by molar-refractivity contribution is 7.18. The highest BCUT2D eigenvalue weighted by Gasteiger charge is 2.11. The molecule has 0 amide bonds. The summed E-state index contributed by atoms with van der Waals surface area (Å²) in [6, 6.07) is 1.98. The first-order valence-electron chi connectivity index (χ1n) is 6.44. The predicted octanol–water partition coefficient (Wildman–Crippen LogP) is 2.62. The lowest BCUT2D eigenvalue weighted by Gasteiger charge is -2.02. The molecule has 3 aromatic heterocycles. The summed E-state index contributed by atoms with van der Waals surface area (Å²) >= 11 is 2.94. The van der Waals surface area contributed by atoms with Gasteiger partial charge in [0.15, 0.2) is 0 Å². The molecule has 3 heterocycles. The average Bonchev–Trinajstić information content (AvgIpc) is 3.01. The standard InChI is InChI=1S/C13H14N4OS2/c1-3-4-9-5-10-12(19-9)14-7-17(13(10)18)6-11-8(2)15-16-20-11/h5,7H,3-4,6H2,1-2H3. The van der Waals surface area contributed by atoms with Gasteiger partial charge >= 0.3 is 0 Å². The van der Waals surface area contributed by atoms with E-state index in [-0.39, 0.29) is 5.56 Å². The lowest BCUT2D eigenvalue weighted by atomic mass is 10.2. The third kappa shape index (κ3) is 2.38. The Morgan fingerprint density at radius 1 is 1.40 bits per heavy atom. The lowest BCUT2D eigenvalue weighted by Crippen LogP contribution is -2.20. The Balaban J connectivity index is 2.02. The fraction of sp³-hybridized carbons (Fsp3) is 0.385. The minimum absolute atomic E-state index is 0.0152. The lowest BCUT2D eigenvalue weighted by molar-refractivity contribution is 0.753. The molecule has 104 valence electrons. The Labute approximate surface area is 124 Å². The van der Waals surface area contributed by atoms with Crippen molar-refractivity contribution in [2.45, 2.75) is 33.2 Å². The van der Waals surface area contributed by atoms with E-state index in [0.29, 0.717) is 6.54 Å². The zero-order chi connectivity index (χ0) is 14.1. The molecule has 7 heteroatoms. The highest BCUT2D eigenvalue weighted by Crippen LogP contribution is 2.22. The van der Waals surface area contributed by atoms with E-state index >= 15 is 0 Å². The van der Waals surface area contributed by atoms with Crippen molar-refractivity contribution in [2.75, 3.05) is 0 Å². The molecule has 0 aromatic carbocycles. The first-order chi connectivity index (χ1) is 9.69. The van der Waals surface area contributed by atoms with Crippen LogP contribution in [0.4, 0.5) is 0 Å². The van der Waals surface area contributed by atoms with Crippen LogP contribution in [0.1, 0.15) is 28.8 Å². The van der Waals surface area contributed by atoms with Gasteiger partial charge in [-0.25, -0.2) is 4.98 Å². The second-order valence-electron chi connectivity index (χ2n) is 4.64. The van der Waals surface area contributed by atoms with E-state index in [0.717, 1.165) is 33.6 Å². The van der Waals surface area contributed by atoms with Gasteiger partial charge in [-0.15, -0.1) is 16.4 Å². The summed E-state index contributed by atoms with van der Waals surface area (Å²) in [6.45, 7) is 4.53. The summed E-state index contributed by atoms with van der Waals surface area (Å²) in [5.41, 5.74) is 0.889. The summed E-state index contributed by atoms with van der Waals surface area (Å²) in [6.07, 6.45) is 3.70. The number of aryl methyl sites for hydroxylation is 2. The SMILES string of the molecule is CCCc1cc2c(=O)n(Cc3snnc3C)cnc2s1. The van der Waals surface area contributed by atoms with Crippen LogP contribution in [0.5, 0.6) is 0 Å². The third-order valence-electron chi connectivity index (χ3n) is 3.12. The average molecular weight is 306 g/mol. The van der Waals surface area contributed by atoms with Crippen molar-refractivity contribution in [3.8, 4) is 0 Å². The van der Waals surface area contributed by atoms with Crippen molar-refractivity contribution in [3.63, 3.8) is 0 Å². The van der Waals surface area contributed by atoms with E-state index in [1.54, 1.807) is 22.2 Å². The molecule has 0 aliphatic carbocycles. The number of aromatic nitrogens is 4. The molecule has 0 bridgehead atoms.